The van der Waals surface area contributed by atoms with Crippen LogP contribution in [0.5, 0.6) is 11.8 Å². The Morgan fingerprint density at radius 3 is 2.23 bits per heavy atom. The predicted molar refractivity (Wildman–Crippen MR) is 277 cm³/mol. The van der Waals surface area contributed by atoms with Gasteiger partial charge in [0.25, 0.3) is 5.91 Å². The van der Waals surface area contributed by atoms with Gasteiger partial charge in [-0.25, -0.2) is 4.98 Å². The number of aryl methyl sites for hydroxylation is 2. The molecule has 0 bridgehead atoms. The van der Waals surface area contributed by atoms with Gasteiger partial charge in [0.05, 0.1) is 42.5 Å². The molecule has 2 aliphatic rings. The highest BCUT2D eigenvalue weighted by molar-refractivity contribution is 6.70. The number of fused-ring (bicyclic) bond motifs is 3. The highest BCUT2D eigenvalue weighted by Gasteiger charge is 2.31. The van der Waals surface area contributed by atoms with Crippen LogP contribution < -0.4 is 21.2 Å². The molecule has 2 aromatic heterocycles. The third-order valence-corrected chi connectivity index (χ3v) is 12.4. The number of carbonyl (C=O) groups excluding carboxylic acids is 2. The van der Waals surface area contributed by atoms with Crippen molar-refractivity contribution in [3.8, 4) is 22.9 Å². The fourth-order valence-corrected chi connectivity index (χ4v) is 8.87. The molecule has 0 unspecified atom stereocenters. The molecule has 5 N–H and O–H groups in total. The minimum absolute atomic E-state index is 0.0155. The van der Waals surface area contributed by atoms with Crippen molar-refractivity contribution in [2.24, 2.45) is 15.8 Å². The second-order valence-corrected chi connectivity index (χ2v) is 18.2. The zero-order valence-corrected chi connectivity index (χ0v) is 39.5. The topological polar surface area (TPSA) is 182 Å². The number of nitrogens with two attached hydrogens (primary N) is 1. The first kappa shape index (κ1) is 46.8. The van der Waals surface area contributed by atoms with Gasteiger partial charge in [0.1, 0.15) is 5.75 Å². The minimum Gasteiger partial charge on any atom is -0.424 e. The molecule has 6 aromatic carbocycles. The first-order valence-corrected chi connectivity index (χ1v) is 23.5. The molecule has 13 heteroatoms. The van der Waals surface area contributed by atoms with Crippen LogP contribution in [-0.4, -0.2) is 65.9 Å². The van der Waals surface area contributed by atoms with E-state index >= 15 is 0 Å². The highest BCUT2D eigenvalue weighted by Crippen LogP contribution is 2.31. The Labute approximate surface area is 407 Å². The van der Waals surface area contributed by atoms with Gasteiger partial charge < -0.3 is 25.5 Å². The number of benzene rings is 6. The Balaban J connectivity index is 0.000000194. The van der Waals surface area contributed by atoms with Crippen LogP contribution in [0.25, 0.3) is 22.3 Å². The van der Waals surface area contributed by atoms with Gasteiger partial charge in [-0.2, -0.15) is 15.1 Å². The van der Waals surface area contributed by atoms with Crippen molar-refractivity contribution >= 4 is 45.8 Å². The lowest BCUT2D eigenvalue weighted by Crippen LogP contribution is -2.38. The third kappa shape index (κ3) is 11.2. The van der Waals surface area contributed by atoms with Crippen LogP contribution in [0.3, 0.4) is 0 Å². The van der Waals surface area contributed by atoms with E-state index in [4.69, 9.17) is 30.4 Å². The summed E-state index contributed by atoms with van der Waals surface area (Å²) in [5.74, 6) is 0.582. The summed E-state index contributed by atoms with van der Waals surface area (Å²) in [4.78, 5) is 42.5. The number of ether oxygens (including phenoxy) is 1. The van der Waals surface area contributed by atoms with Crippen LogP contribution in [0.2, 0.25) is 0 Å². The number of aliphatic hydroxyl groups excluding tert-OH is 1. The molecular formula is C57H55N9O4. The Hall–Kier alpha value is -8.29. The van der Waals surface area contributed by atoms with Gasteiger partial charge in [0.15, 0.2) is 28.5 Å². The molecule has 352 valence electrons. The number of hydrogen-bond acceptors (Lipinski definition) is 11. The zero-order chi connectivity index (χ0) is 48.6. The summed E-state index contributed by atoms with van der Waals surface area (Å²) >= 11 is 0. The molecule has 13 nitrogen and oxygen atoms in total. The average molecular weight is 930 g/mol. The number of ketones is 1. The van der Waals surface area contributed by atoms with Gasteiger partial charge >= 0.3 is 6.01 Å². The first-order chi connectivity index (χ1) is 34.0. The van der Waals surface area contributed by atoms with Crippen LogP contribution in [-0.2, 0) is 37.0 Å². The van der Waals surface area contributed by atoms with Crippen LogP contribution >= 0.6 is 0 Å². The van der Waals surface area contributed by atoms with Gasteiger partial charge in [0, 0.05) is 11.1 Å². The monoisotopic (exact) mass is 929 g/mol. The second kappa shape index (κ2) is 20.9. The maximum Gasteiger partial charge on any atom is 0.326 e. The van der Waals surface area contributed by atoms with Crippen molar-refractivity contribution in [2.75, 3.05) is 17.3 Å². The summed E-state index contributed by atoms with van der Waals surface area (Å²) in [6, 6.07) is 49.9. The molecule has 1 aliphatic carbocycles. The van der Waals surface area contributed by atoms with Gasteiger partial charge in [-0.05, 0) is 128 Å². The van der Waals surface area contributed by atoms with Gasteiger partial charge in [-0.15, -0.1) is 0 Å². The van der Waals surface area contributed by atoms with Crippen molar-refractivity contribution in [1.29, 1.82) is 0 Å². The molecule has 70 heavy (non-hydrogen) atoms. The van der Waals surface area contributed by atoms with Crippen LogP contribution in [0.4, 0.5) is 11.5 Å². The normalized spacial score (nSPS) is 14.1. The summed E-state index contributed by atoms with van der Waals surface area (Å²) in [7, 11) is 0. The van der Waals surface area contributed by atoms with E-state index in [2.05, 4.69) is 88.6 Å². The number of imidazole rings is 1. The molecule has 1 atom stereocenters. The molecular weight excluding hydrogens is 875 g/mol. The lowest BCUT2D eigenvalue weighted by molar-refractivity contribution is -0.111. The van der Waals surface area contributed by atoms with E-state index in [1.54, 1.807) is 30.6 Å². The lowest BCUT2D eigenvalue weighted by atomic mass is 9.85. The number of anilines is 2. The number of aliphatic hydroxyl groups is 1. The number of aliphatic imine (C=N–C) groups is 1. The Kier molecular flexibility index (Phi) is 14.0. The highest BCUT2D eigenvalue weighted by atomic mass is 16.5. The smallest absolute Gasteiger partial charge is 0.326 e. The number of primary amides is 1. The number of Topliss-reactive ketones (excluding diaryl/α,β-unsaturated/α-hetero) is 1. The van der Waals surface area contributed by atoms with Crippen LogP contribution in [0, 0.1) is 0 Å². The fraction of sp³-hybridized carbons (Fsp3) is 0.211. The number of rotatable bonds is 15. The van der Waals surface area contributed by atoms with Crippen molar-refractivity contribution < 1.29 is 19.4 Å². The fourth-order valence-electron chi connectivity index (χ4n) is 8.87. The molecule has 1 amide bonds. The van der Waals surface area contributed by atoms with E-state index in [9.17, 15) is 14.7 Å². The van der Waals surface area contributed by atoms with E-state index in [0.717, 1.165) is 47.3 Å². The van der Waals surface area contributed by atoms with Crippen molar-refractivity contribution in [3.05, 3.63) is 197 Å². The van der Waals surface area contributed by atoms with E-state index in [1.165, 1.54) is 35.6 Å². The average Bonchev–Trinajstić information content (AvgIpc) is 4.01. The molecule has 0 saturated heterocycles. The van der Waals surface area contributed by atoms with E-state index in [-0.39, 0.29) is 35.7 Å². The summed E-state index contributed by atoms with van der Waals surface area (Å²) in [5, 5.41) is 17.9. The standard InChI is InChI=1S/C36H33N5O2.C21H22N4O2/c42-23-31(20-25-8-3-1-4-9-25)38-34-33-35(40-36(39-34)43-32-19-18-28-12-7-13-30(28)21-32)41(24-37-33)22-26-14-16-29(17-15-26)27-10-5-2-6-11-27;1-13(26)14-8-10-16(11-9-14)24-25-19(20(22)27)18-17-7-5-4-6-15(17)12-21(2,3)23-18/h1-6,8-11,14-19,21,24,31,42H,7,12-13,20,22-23H2,(H,38,39,40);4-11,24H,12H2,1-3H3,(H2,22,27)/t31-;/m0./s1. The predicted octanol–water partition coefficient (Wildman–Crippen LogP) is 9.80. The Morgan fingerprint density at radius 1 is 0.800 bits per heavy atom. The number of nitrogens with one attached hydrogen (secondary N) is 2. The summed E-state index contributed by atoms with van der Waals surface area (Å²) < 4.78 is 8.27. The molecule has 10 rings (SSSR count). The van der Waals surface area contributed by atoms with Crippen molar-refractivity contribution in [1.82, 2.24) is 19.5 Å². The molecule has 0 fully saturated rings. The van der Waals surface area contributed by atoms with Crippen LogP contribution in [0.15, 0.2) is 168 Å². The number of amides is 1. The quantitative estimate of drug-likeness (QED) is 0.0442. The maximum atomic E-state index is 12.1. The van der Waals surface area contributed by atoms with Crippen molar-refractivity contribution in [3.63, 3.8) is 0 Å². The molecule has 0 spiro atoms. The van der Waals surface area contributed by atoms with E-state index in [1.807, 2.05) is 73.0 Å². The van der Waals surface area contributed by atoms with Gasteiger partial charge in [-0.3, -0.25) is 20.0 Å². The molecule has 1 aliphatic heterocycles. The van der Waals surface area contributed by atoms with Crippen LogP contribution in [0.1, 0.15) is 70.9 Å². The Morgan fingerprint density at radius 2 is 1.50 bits per heavy atom. The second-order valence-electron chi connectivity index (χ2n) is 18.2. The molecule has 0 radical (unpaired) electrons. The van der Waals surface area contributed by atoms with Gasteiger partial charge in [0.2, 0.25) is 0 Å². The van der Waals surface area contributed by atoms with E-state index in [0.29, 0.717) is 46.9 Å². The number of nitrogens with zero attached hydrogens (tertiary/aromatic N) is 6. The number of hydrogen-bond donors (Lipinski definition) is 4. The lowest BCUT2D eigenvalue weighted by Gasteiger charge is -2.28. The van der Waals surface area contributed by atoms with Crippen molar-refractivity contribution in [2.45, 2.75) is 71.0 Å². The third-order valence-electron chi connectivity index (χ3n) is 12.4. The Bertz CT molecular complexity index is 3200. The largest absolute Gasteiger partial charge is 0.424 e. The summed E-state index contributed by atoms with van der Waals surface area (Å²) in [6.07, 6.45) is 6.55. The number of aromatic nitrogens is 4. The SMILES string of the molecule is CC(=O)c1ccc(NN=C(C(N)=O)C2=NC(C)(C)Cc3ccccc32)cc1.OC[C@H](Cc1ccccc1)Nc1nc(Oc2ccc3c(c2)CCC3)nc2c1ncn2Cc1ccc(-c2ccccc2)cc1. The summed E-state index contributed by atoms with van der Waals surface area (Å²) in [6.45, 7) is 6.06. The number of carbonyl (C=O) groups is 2. The zero-order valence-electron chi connectivity index (χ0n) is 39.5. The minimum atomic E-state index is -0.658. The molecule has 3 heterocycles. The number of hydrazone groups is 1. The first-order valence-electron chi connectivity index (χ1n) is 23.5. The molecule has 0 saturated carbocycles. The maximum absolute atomic E-state index is 12.1. The molecule has 8 aromatic rings. The van der Waals surface area contributed by atoms with E-state index < -0.39 is 5.91 Å². The van der Waals surface area contributed by atoms with Gasteiger partial charge in [-0.1, -0.05) is 115 Å². The summed E-state index contributed by atoms with van der Waals surface area (Å²) in [5.41, 5.74) is 20.5.